The number of Topliss-reactive ketones (excluding diaryl/α,β-unsaturated/α-hetero) is 1. The highest BCUT2D eigenvalue weighted by Gasteiger charge is 2.35. The zero-order valence-electron chi connectivity index (χ0n) is 13.8. The first-order valence-corrected chi connectivity index (χ1v) is 8.75. The van der Waals surface area contributed by atoms with E-state index in [0.717, 1.165) is 4.47 Å². The predicted octanol–water partition coefficient (Wildman–Crippen LogP) is 3.74. The molecule has 0 aromatic heterocycles. The van der Waals surface area contributed by atoms with Gasteiger partial charge >= 0.3 is 0 Å². The molecule has 1 atom stereocenters. The first-order chi connectivity index (χ1) is 12.4. The molecule has 1 aliphatic rings. The van der Waals surface area contributed by atoms with E-state index in [9.17, 15) is 19.7 Å². The Balaban J connectivity index is 1.97. The van der Waals surface area contributed by atoms with E-state index in [-0.39, 0.29) is 29.6 Å². The van der Waals surface area contributed by atoms with Gasteiger partial charge in [-0.3, -0.25) is 24.6 Å². The summed E-state index contributed by atoms with van der Waals surface area (Å²) >= 11 is 3.31. The highest BCUT2D eigenvalue weighted by molar-refractivity contribution is 9.10. The number of halogens is 1. The number of amides is 1. The lowest BCUT2D eigenvalue weighted by molar-refractivity contribution is -0.384. The molecule has 2 aromatic rings. The van der Waals surface area contributed by atoms with E-state index in [1.165, 1.54) is 23.1 Å². The number of rotatable bonds is 5. The van der Waals surface area contributed by atoms with Crippen LogP contribution in [0.15, 0.2) is 46.9 Å². The molecule has 7 nitrogen and oxygen atoms in total. The summed E-state index contributed by atoms with van der Waals surface area (Å²) in [5.74, 6) is -0.295. The average molecular weight is 419 g/mol. The summed E-state index contributed by atoms with van der Waals surface area (Å²) in [6.07, 6.45) is -0.292. The normalized spacial score (nSPS) is 16.0. The predicted molar refractivity (Wildman–Crippen MR) is 98.6 cm³/mol. The monoisotopic (exact) mass is 418 g/mol. The molecule has 0 saturated heterocycles. The SMILES string of the molecule is CCC1Oc2ccc([N+](=O)[O-])cc2N(CC(=O)c2ccc(Br)cc2)C1=O. The summed E-state index contributed by atoms with van der Waals surface area (Å²) in [6.45, 7) is 1.59. The van der Waals surface area contributed by atoms with Crippen LogP contribution in [0.4, 0.5) is 11.4 Å². The van der Waals surface area contributed by atoms with Gasteiger partial charge in [-0.2, -0.15) is 0 Å². The zero-order valence-corrected chi connectivity index (χ0v) is 15.4. The number of hydrogen-bond donors (Lipinski definition) is 0. The Morgan fingerprint density at radius 3 is 2.58 bits per heavy atom. The highest BCUT2D eigenvalue weighted by atomic mass is 79.9. The Morgan fingerprint density at radius 2 is 1.96 bits per heavy atom. The van der Waals surface area contributed by atoms with E-state index < -0.39 is 11.0 Å². The largest absolute Gasteiger partial charge is 0.478 e. The standard InChI is InChI=1S/C18H15BrN2O5/c1-2-16-18(23)20(10-15(22)11-3-5-12(19)6-4-11)14-9-13(21(24)25)7-8-17(14)26-16/h3-9,16H,2,10H2,1H3. The molecule has 1 unspecified atom stereocenters. The Bertz CT molecular complexity index is 882. The van der Waals surface area contributed by atoms with Crippen LogP contribution in [0.2, 0.25) is 0 Å². The molecule has 0 fully saturated rings. The second-order valence-electron chi connectivity index (χ2n) is 5.78. The molecule has 8 heteroatoms. The molecular weight excluding hydrogens is 404 g/mol. The van der Waals surface area contributed by atoms with Crippen molar-refractivity contribution < 1.29 is 19.2 Å². The van der Waals surface area contributed by atoms with E-state index in [0.29, 0.717) is 17.7 Å². The molecule has 3 rings (SSSR count). The number of non-ortho nitro benzene ring substituents is 1. The minimum Gasteiger partial charge on any atom is -0.478 e. The van der Waals surface area contributed by atoms with Gasteiger partial charge in [-0.15, -0.1) is 0 Å². The smallest absolute Gasteiger partial charge is 0.271 e. The summed E-state index contributed by atoms with van der Waals surface area (Å²) in [5.41, 5.74) is 0.517. The third-order valence-corrected chi connectivity index (χ3v) is 4.62. The number of nitrogens with zero attached hydrogens (tertiary/aromatic N) is 2. The van der Waals surface area contributed by atoms with Gasteiger partial charge in [0.25, 0.3) is 11.6 Å². The Kier molecular flexibility index (Phi) is 5.03. The molecule has 0 radical (unpaired) electrons. The number of carbonyl (C=O) groups is 2. The van der Waals surface area contributed by atoms with Crippen LogP contribution in [-0.4, -0.2) is 29.3 Å². The van der Waals surface area contributed by atoms with Crippen LogP contribution in [0.25, 0.3) is 0 Å². The maximum atomic E-state index is 12.7. The van der Waals surface area contributed by atoms with Crippen LogP contribution in [0.5, 0.6) is 5.75 Å². The lowest BCUT2D eigenvalue weighted by Gasteiger charge is -2.33. The number of anilines is 1. The fourth-order valence-corrected chi connectivity index (χ4v) is 2.98. The van der Waals surface area contributed by atoms with Gasteiger partial charge in [-0.1, -0.05) is 35.0 Å². The van der Waals surface area contributed by atoms with E-state index in [2.05, 4.69) is 15.9 Å². The van der Waals surface area contributed by atoms with Gasteiger partial charge < -0.3 is 4.74 Å². The molecule has 0 spiro atoms. The molecule has 0 saturated carbocycles. The van der Waals surface area contributed by atoms with Crippen molar-refractivity contribution in [3.05, 3.63) is 62.6 Å². The summed E-state index contributed by atoms with van der Waals surface area (Å²) in [4.78, 5) is 37.1. The fourth-order valence-electron chi connectivity index (χ4n) is 2.72. The van der Waals surface area contributed by atoms with E-state index in [1.807, 2.05) is 0 Å². The second-order valence-corrected chi connectivity index (χ2v) is 6.69. The van der Waals surface area contributed by atoms with Crippen molar-refractivity contribution in [2.24, 2.45) is 0 Å². The average Bonchev–Trinajstić information content (AvgIpc) is 2.63. The highest BCUT2D eigenvalue weighted by Crippen LogP contribution is 2.37. The first-order valence-electron chi connectivity index (χ1n) is 7.96. The number of fused-ring (bicyclic) bond motifs is 1. The van der Waals surface area contributed by atoms with Crippen molar-refractivity contribution in [1.29, 1.82) is 0 Å². The Hall–Kier alpha value is -2.74. The molecule has 2 aromatic carbocycles. The van der Waals surface area contributed by atoms with Crippen LogP contribution >= 0.6 is 15.9 Å². The van der Waals surface area contributed by atoms with Crippen molar-refractivity contribution >= 4 is 39.0 Å². The van der Waals surface area contributed by atoms with Crippen LogP contribution in [0.3, 0.4) is 0 Å². The van der Waals surface area contributed by atoms with Gasteiger partial charge in [-0.25, -0.2) is 0 Å². The molecular formula is C18H15BrN2O5. The lowest BCUT2D eigenvalue weighted by atomic mass is 10.1. The van der Waals surface area contributed by atoms with Gasteiger partial charge in [0.15, 0.2) is 11.9 Å². The summed E-state index contributed by atoms with van der Waals surface area (Å²) in [5, 5.41) is 11.1. The number of benzene rings is 2. The molecule has 1 heterocycles. The molecule has 0 bridgehead atoms. The number of hydrogen-bond acceptors (Lipinski definition) is 5. The minimum absolute atomic E-state index is 0.170. The maximum Gasteiger partial charge on any atom is 0.271 e. The summed E-state index contributed by atoms with van der Waals surface area (Å²) < 4.78 is 6.47. The molecule has 1 aliphatic heterocycles. The quantitative estimate of drug-likeness (QED) is 0.419. The minimum atomic E-state index is -0.721. The van der Waals surface area contributed by atoms with Gasteiger partial charge in [-0.05, 0) is 24.6 Å². The van der Waals surface area contributed by atoms with Crippen LogP contribution in [-0.2, 0) is 4.79 Å². The van der Waals surface area contributed by atoms with Crippen molar-refractivity contribution in [3.8, 4) is 5.75 Å². The number of nitro groups is 1. The Labute approximate surface area is 157 Å². The Morgan fingerprint density at radius 1 is 1.27 bits per heavy atom. The third-order valence-electron chi connectivity index (χ3n) is 4.09. The number of ketones is 1. The summed E-state index contributed by atoms with van der Waals surface area (Å²) in [7, 11) is 0. The van der Waals surface area contributed by atoms with Crippen molar-refractivity contribution in [2.75, 3.05) is 11.4 Å². The van der Waals surface area contributed by atoms with E-state index in [4.69, 9.17) is 4.74 Å². The maximum absolute atomic E-state index is 12.7. The van der Waals surface area contributed by atoms with Gasteiger partial charge in [0.2, 0.25) is 0 Å². The molecule has 134 valence electrons. The molecule has 1 amide bonds. The molecule has 26 heavy (non-hydrogen) atoms. The molecule has 0 N–H and O–H groups in total. The second kappa shape index (κ2) is 7.25. The number of carbonyl (C=O) groups excluding carboxylic acids is 2. The van der Waals surface area contributed by atoms with E-state index >= 15 is 0 Å². The van der Waals surface area contributed by atoms with Crippen molar-refractivity contribution in [1.82, 2.24) is 0 Å². The first kappa shape index (κ1) is 18.1. The van der Waals surface area contributed by atoms with Crippen LogP contribution < -0.4 is 9.64 Å². The van der Waals surface area contributed by atoms with Crippen molar-refractivity contribution in [2.45, 2.75) is 19.4 Å². The summed E-state index contributed by atoms with van der Waals surface area (Å²) in [6, 6.07) is 10.8. The van der Waals surface area contributed by atoms with Crippen LogP contribution in [0.1, 0.15) is 23.7 Å². The lowest BCUT2D eigenvalue weighted by Crippen LogP contribution is -2.47. The van der Waals surface area contributed by atoms with Crippen LogP contribution in [0, 0.1) is 10.1 Å². The number of nitro benzene ring substituents is 1. The zero-order chi connectivity index (χ0) is 18.8. The number of ether oxygens (including phenoxy) is 1. The van der Waals surface area contributed by atoms with E-state index in [1.54, 1.807) is 31.2 Å². The van der Waals surface area contributed by atoms with Crippen molar-refractivity contribution in [3.63, 3.8) is 0 Å². The van der Waals surface area contributed by atoms with Gasteiger partial charge in [0, 0.05) is 22.2 Å². The topological polar surface area (TPSA) is 89.8 Å². The molecule has 0 aliphatic carbocycles. The van der Waals surface area contributed by atoms with Gasteiger partial charge in [0.05, 0.1) is 17.2 Å². The van der Waals surface area contributed by atoms with Gasteiger partial charge in [0.1, 0.15) is 5.75 Å². The third kappa shape index (κ3) is 3.45. The fraction of sp³-hybridized carbons (Fsp3) is 0.222.